The van der Waals surface area contributed by atoms with Gasteiger partial charge >= 0.3 is 0 Å². The van der Waals surface area contributed by atoms with Crippen LogP contribution in [0.4, 0.5) is 5.69 Å². The van der Waals surface area contributed by atoms with Crippen LogP contribution in [0.25, 0.3) is 0 Å². The molecule has 0 aliphatic carbocycles. The summed E-state index contributed by atoms with van der Waals surface area (Å²) in [5, 5.41) is 0. The van der Waals surface area contributed by atoms with Gasteiger partial charge in [0, 0.05) is 0 Å². The van der Waals surface area contributed by atoms with E-state index in [9.17, 15) is 9.59 Å². The molecule has 24 heavy (non-hydrogen) atoms. The summed E-state index contributed by atoms with van der Waals surface area (Å²) < 4.78 is 5.65. The predicted octanol–water partition coefficient (Wildman–Crippen LogP) is 3.90. The van der Waals surface area contributed by atoms with Crippen molar-refractivity contribution >= 4 is 17.4 Å². The number of anilines is 1. The molecule has 1 aliphatic heterocycles. The summed E-state index contributed by atoms with van der Waals surface area (Å²) >= 11 is 0. The van der Waals surface area contributed by atoms with Gasteiger partial charge in [-0.3, -0.25) is 9.59 Å². The van der Waals surface area contributed by atoms with Gasteiger partial charge < -0.3 is 9.64 Å². The highest BCUT2D eigenvalue weighted by Crippen LogP contribution is 2.33. The van der Waals surface area contributed by atoms with Crippen LogP contribution in [-0.4, -0.2) is 18.3 Å². The summed E-state index contributed by atoms with van der Waals surface area (Å²) in [7, 11) is 0. The lowest BCUT2D eigenvalue weighted by atomic mass is 10.1. The van der Waals surface area contributed by atoms with Gasteiger partial charge in [-0.2, -0.15) is 0 Å². The fourth-order valence-corrected chi connectivity index (χ4v) is 2.90. The number of unbranched alkanes of at least 4 members (excludes halogenated alkanes) is 1. The predicted molar refractivity (Wildman–Crippen MR) is 93.5 cm³/mol. The first-order valence-electron chi connectivity index (χ1n) is 8.29. The number of hydrogen-bond acceptors (Lipinski definition) is 3. The lowest BCUT2D eigenvalue weighted by Crippen LogP contribution is -2.29. The molecular weight excluding hydrogens is 302 g/mol. The molecule has 2 aromatic rings. The molecule has 2 aromatic carbocycles. The van der Waals surface area contributed by atoms with Crippen molar-refractivity contribution in [1.29, 1.82) is 0 Å². The molecule has 3 rings (SSSR count). The maximum Gasteiger partial charge on any atom is 0.299 e. The van der Waals surface area contributed by atoms with Gasteiger partial charge in [-0.15, -0.1) is 0 Å². The Morgan fingerprint density at radius 1 is 1.04 bits per heavy atom. The molecule has 0 spiro atoms. The van der Waals surface area contributed by atoms with E-state index in [0.717, 1.165) is 35.4 Å². The first-order valence-corrected chi connectivity index (χ1v) is 8.29. The van der Waals surface area contributed by atoms with E-state index in [2.05, 4.69) is 6.92 Å². The van der Waals surface area contributed by atoms with Gasteiger partial charge in [0.1, 0.15) is 5.75 Å². The molecule has 0 saturated heterocycles. The molecule has 124 valence electrons. The number of rotatable bonds is 6. The fourth-order valence-electron chi connectivity index (χ4n) is 2.90. The normalized spacial score (nSPS) is 13.3. The van der Waals surface area contributed by atoms with Crippen LogP contribution in [0.2, 0.25) is 0 Å². The number of amides is 1. The number of para-hydroxylation sites is 1. The minimum atomic E-state index is -0.456. The summed E-state index contributed by atoms with van der Waals surface area (Å²) in [6.45, 7) is 5.14. The Bertz CT molecular complexity index is 765. The molecule has 1 heterocycles. The van der Waals surface area contributed by atoms with Crippen LogP contribution < -0.4 is 9.64 Å². The summed E-state index contributed by atoms with van der Waals surface area (Å²) in [5.74, 6) is -0.0524. The minimum absolute atomic E-state index is 0.387. The second kappa shape index (κ2) is 6.87. The smallest absolute Gasteiger partial charge is 0.299 e. The lowest BCUT2D eigenvalue weighted by Gasteiger charge is -2.18. The number of ketones is 1. The molecule has 0 atom stereocenters. The molecule has 0 bridgehead atoms. The Labute approximate surface area is 142 Å². The van der Waals surface area contributed by atoms with Crippen molar-refractivity contribution in [3.05, 3.63) is 59.2 Å². The highest BCUT2D eigenvalue weighted by molar-refractivity contribution is 6.52. The first-order chi connectivity index (χ1) is 11.6. The van der Waals surface area contributed by atoms with Crippen LogP contribution >= 0.6 is 0 Å². The molecule has 0 aromatic heterocycles. The number of aryl methyl sites for hydroxylation is 1. The lowest BCUT2D eigenvalue weighted by molar-refractivity contribution is -0.114. The number of carbonyl (C=O) groups is 2. The van der Waals surface area contributed by atoms with E-state index in [1.54, 1.807) is 11.0 Å². The fraction of sp³-hybridized carbons (Fsp3) is 0.300. The van der Waals surface area contributed by atoms with E-state index in [-0.39, 0.29) is 0 Å². The Hall–Kier alpha value is -2.62. The van der Waals surface area contributed by atoms with Gasteiger partial charge in [-0.05, 0) is 42.7 Å². The van der Waals surface area contributed by atoms with Crippen molar-refractivity contribution in [3.8, 4) is 5.75 Å². The van der Waals surface area contributed by atoms with E-state index in [1.165, 1.54) is 0 Å². The molecule has 1 amide bonds. The summed E-state index contributed by atoms with van der Waals surface area (Å²) in [5.41, 5.74) is 3.14. The largest absolute Gasteiger partial charge is 0.494 e. The number of carbonyl (C=O) groups excluding carboxylic acids is 2. The van der Waals surface area contributed by atoms with Crippen molar-refractivity contribution < 1.29 is 14.3 Å². The summed E-state index contributed by atoms with van der Waals surface area (Å²) in [6.07, 6.45) is 2.13. The minimum Gasteiger partial charge on any atom is -0.494 e. The SMILES string of the molecule is CCCCOc1ccc(CN2C(=O)C(=O)c3cccc(C)c32)cc1. The molecular formula is C20H21NO3. The molecule has 0 N–H and O–H groups in total. The van der Waals surface area contributed by atoms with Crippen molar-refractivity contribution in [2.75, 3.05) is 11.5 Å². The molecule has 4 heteroatoms. The molecule has 0 fully saturated rings. The molecule has 1 aliphatic rings. The average molecular weight is 323 g/mol. The van der Waals surface area contributed by atoms with E-state index >= 15 is 0 Å². The maximum atomic E-state index is 12.3. The number of fused-ring (bicyclic) bond motifs is 1. The Kier molecular flexibility index (Phi) is 4.65. The van der Waals surface area contributed by atoms with Crippen LogP contribution in [0.1, 0.15) is 41.3 Å². The highest BCUT2D eigenvalue weighted by atomic mass is 16.5. The second-order valence-electron chi connectivity index (χ2n) is 6.04. The van der Waals surface area contributed by atoms with Gasteiger partial charge in [0.15, 0.2) is 0 Å². The number of hydrogen-bond donors (Lipinski definition) is 0. The van der Waals surface area contributed by atoms with Crippen LogP contribution in [-0.2, 0) is 11.3 Å². The zero-order chi connectivity index (χ0) is 17.1. The van der Waals surface area contributed by atoms with Crippen molar-refractivity contribution in [2.24, 2.45) is 0 Å². The number of benzene rings is 2. The quantitative estimate of drug-likeness (QED) is 0.598. The number of ether oxygens (including phenoxy) is 1. The van der Waals surface area contributed by atoms with Crippen LogP contribution in [0.3, 0.4) is 0 Å². The first kappa shape index (κ1) is 16.2. The van der Waals surface area contributed by atoms with Crippen LogP contribution in [0, 0.1) is 6.92 Å². The molecule has 0 saturated carbocycles. The molecule has 4 nitrogen and oxygen atoms in total. The van der Waals surface area contributed by atoms with Gasteiger partial charge in [0.2, 0.25) is 0 Å². The molecule has 0 radical (unpaired) electrons. The monoisotopic (exact) mass is 323 g/mol. The van der Waals surface area contributed by atoms with Gasteiger partial charge in [0.05, 0.1) is 24.4 Å². The Morgan fingerprint density at radius 3 is 2.50 bits per heavy atom. The molecule has 0 unspecified atom stereocenters. The topological polar surface area (TPSA) is 46.6 Å². The third-order valence-electron chi connectivity index (χ3n) is 4.22. The summed E-state index contributed by atoms with van der Waals surface area (Å²) in [6, 6.07) is 13.1. The Balaban J connectivity index is 1.77. The van der Waals surface area contributed by atoms with E-state index in [1.807, 2.05) is 43.3 Å². The summed E-state index contributed by atoms with van der Waals surface area (Å²) in [4.78, 5) is 26.0. The zero-order valence-electron chi connectivity index (χ0n) is 14.0. The third kappa shape index (κ3) is 3.04. The highest BCUT2D eigenvalue weighted by Gasteiger charge is 2.36. The zero-order valence-corrected chi connectivity index (χ0v) is 14.0. The van der Waals surface area contributed by atoms with Gasteiger partial charge in [-0.25, -0.2) is 0 Å². The Morgan fingerprint density at radius 2 is 1.79 bits per heavy atom. The number of Topliss-reactive ketones (excluding diaryl/α,β-unsaturated/α-hetero) is 1. The second-order valence-corrected chi connectivity index (χ2v) is 6.04. The average Bonchev–Trinajstić information content (AvgIpc) is 2.83. The van der Waals surface area contributed by atoms with Gasteiger partial charge in [-0.1, -0.05) is 37.6 Å². The van der Waals surface area contributed by atoms with Crippen molar-refractivity contribution in [2.45, 2.75) is 33.2 Å². The maximum absolute atomic E-state index is 12.3. The van der Waals surface area contributed by atoms with Gasteiger partial charge in [0.25, 0.3) is 11.7 Å². The number of nitrogens with zero attached hydrogens (tertiary/aromatic N) is 1. The standard InChI is InChI=1S/C20H21NO3/c1-3-4-12-24-16-10-8-15(9-11-16)13-21-18-14(2)6-5-7-17(18)19(22)20(21)23/h5-11H,3-4,12-13H2,1-2H3. The van der Waals surface area contributed by atoms with Crippen molar-refractivity contribution in [3.63, 3.8) is 0 Å². The van der Waals surface area contributed by atoms with E-state index in [4.69, 9.17) is 4.74 Å². The van der Waals surface area contributed by atoms with Crippen LogP contribution in [0.15, 0.2) is 42.5 Å². The van der Waals surface area contributed by atoms with E-state index < -0.39 is 11.7 Å². The van der Waals surface area contributed by atoms with Crippen molar-refractivity contribution in [1.82, 2.24) is 0 Å². The van der Waals surface area contributed by atoms with E-state index in [0.29, 0.717) is 18.7 Å². The third-order valence-corrected chi connectivity index (χ3v) is 4.22. The van der Waals surface area contributed by atoms with Crippen LogP contribution in [0.5, 0.6) is 5.75 Å².